The van der Waals surface area contributed by atoms with E-state index in [1.165, 1.54) is 5.56 Å². The van der Waals surface area contributed by atoms with E-state index in [1.807, 2.05) is 10.9 Å². The Bertz CT molecular complexity index is 667. The van der Waals surface area contributed by atoms with E-state index in [0.717, 1.165) is 17.7 Å². The lowest BCUT2D eigenvalue weighted by atomic mass is 10.1. The minimum Gasteiger partial charge on any atom is -0.390 e. The third-order valence-corrected chi connectivity index (χ3v) is 3.41. The van der Waals surface area contributed by atoms with Crippen molar-refractivity contribution in [1.82, 2.24) is 30.0 Å². The van der Waals surface area contributed by atoms with Crippen molar-refractivity contribution in [3.05, 3.63) is 59.2 Å². The number of aliphatic hydroxyl groups is 1. The molecular weight excluding hydrogens is 280 g/mol. The summed E-state index contributed by atoms with van der Waals surface area (Å²) < 4.78 is 3.56. The molecule has 0 aliphatic rings. The lowest BCUT2D eigenvalue weighted by Gasteiger charge is -2.04. The van der Waals surface area contributed by atoms with Gasteiger partial charge in [0.25, 0.3) is 0 Å². The molecule has 1 aromatic carbocycles. The highest BCUT2D eigenvalue weighted by atomic mass is 16.3. The summed E-state index contributed by atoms with van der Waals surface area (Å²) in [5.41, 5.74) is 3.88. The maximum absolute atomic E-state index is 8.98. The van der Waals surface area contributed by atoms with Gasteiger partial charge in [-0.3, -0.25) is 0 Å². The molecule has 0 atom stereocenters. The second-order valence-electron chi connectivity index (χ2n) is 5.14. The monoisotopic (exact) mass is 298 g/mol. The number of aliphatic hydroxyl groups excluding tert-OH is 1. The summed E-state index contributed by atoms with van der Waals surface area (Å²) in [6.07, 6.45) is 4.61. The fourth-order valence-corrected chi connectivity index (χ4v) is 2.19. The molecule has 2 heterocycles. The van der Waals surface area contributed by atoms with Crippen LogP contribution in [0.25, 0.3) is 0 Å². The van der Waals surface area contributed by atoms with Crippen molar-refractivity contribution in [3.8, 4) is 0 Å². The average Bonchev–Trinajstić information content (AvgIpc) is 3.18. The molecule has 7 heteroatoms. The van der Waals surface area contributed by atoms with Crippen molar-refractivity contribution in [1.29, 1.82) is 0 Å². The van der Waals surface area contributed by atoms with E-state index in [1.54, 1.807) is 10.9 Å². The number of nitrogens with zero attached hydrogens (tertiary/aromatic N) is 6. The molecule has 0 fully saturated rings. The Morgan fingerprint density at radius 2 is 1.36 bits per heavy atom. The van der Waals surface area contributed by atoms with Crippen LogP contribution in [0.15, 0.2) is 36.7 Å². The van der Waals surface area contributed by atoms with Crippen LogP contribution in [0.2, 0.25) is 0 Å². The summed E-state index contributed by atoms with van der Waals surface area (Å²) in [6.45, 7) is 3.33. The Labute approximate surface area is 128 Å². The van der Waals surface area contributed by atoms with E-state index in [-0.39, 0.29) is 6.61 Å². The van der Waals surface area contributed by atoms with Gasteiger partial charge in [-0.15, -0.1) is 10.2 Å². The smallest absolute Gasteiger partial charge is 0.108 e. The highest BCUT2D eigenvalue weighted by Crippen LogP contribution is 2.08. The van der Waals surface area contributed by atoms with Gasteiger partial charge in [0.05, 0.1) is 31.6 Å². The maximum Gasteiger partial charge on any atom is 0.108 e. The molecule has 22 heavy (non-hydrogen) atoms. The average molecular weight is 298 g/mol. The molecule has 0 unspecified atom stereocenters. The summed E-state index contributed by atoms with van der Waals surface area (Å²) in [5.74, 6) is 0. The van der Waals surface area contributed by atoms with Gasteiger partial charge in [-0.05, 0) is 17.5 Å². The van der Waals surface area contributed by atoms with Crippen LogP contribution in [0.3, 0.4) is 0 Å². The number of hydrogen-bond donors (Lipinski definition) is 1. The van der Waals surface area contributed by atoms with Crippen LogP contribution in [0.4, 0.5) is 0 Å². The van der Waals surface area contributed by atoms with Crippen molar-refractivity contribution >= 4 is 0 Å². The van der Waals surface area contributed by atoms with Gasteiger partial charge < -0.3 is 5.11 Å². The fraction of sp³-hybridized carbons (Fsp3) is 0.333. The van der Waals surface area contributed by atoms with E-state index in [4.69, 9.17) is 5.11 Å². The van der Waals surface area contributed by atoms with Gasteiger partial charge in [-0.2, -0.15) is 0 Å². The quantitative estimate of drug-likeness (QED) is 0.735. The molecule has 0 saturated carbocycles. The SMILES string of the molecule is CCc1cn(Cc2ccc(Cn3cc(CO)nn3)cc2)nn1. The molecule has 0 aliphatic carbocycles. The zero-order valence-electron chi connectivity index (χ0n) is 12.4. The molecule has 0 amide bonds. The van der Waals surface area contributed by atoms with Crippen LogP contribution in [-0.2, 0) is 26.1 Å². The van der Waals surface area contributed by atoms with Crippen LogP contribution < -0.4 is 0 Å². The lowest BCUT2D eigenvalue weighted by Crippen LogP contribution is -2.03. The first-order valence-electron chi connectivity index (χ1n) is 7.23. The molecule has 1 N–H and O–H groups in total. The van der Waals surface area contributed by atoms with Gasteiger partial charge in [-0.25, -0.2) is 9.36 Å². The van der Waals surface area contributed by atoms with Crippen LogP contribution in [-0.4, -0.2) is 35.1 Å². The zero-order chi connectivity index (χ0) is 15.4. The molecule has 0 spiro atoms. The van der Waals surface area contributed by atoms with Crippen molar-refractivity contribution in [2.75, 3.05) is 0 Å². The molecule has 7 nitrogen and oxygen atoms in total. The van der Waals surface area contributed by atoms with Gasteiger partial charge in [0, 0.05) is 6.20 Å². The van der Waals surface area contributed by atoms with Crippen LogP contribution in [0.1, 0.15) is 29.4 Å². The Morgan fingerprint density at radius 1 is 0.864 bits per heavy atom. The molecule has 2 aromatic heterocycles. The van der Waals surface area contributed by atoms with Crippen LogP contribution in [0, 0.1) is 0 Å². The molecule has 3 rings (SSSR count). The van der Waals surface area contributed by atoms with E-state index in [2.05, 4.69) is 51.8 Å². The number of aryl methyl sites for hydroxylation is 1. The van der Waals surface area contributed by atoms with Crippen molar-refractivity contribution in [2.24, 2.45) is 0 Å². The molecule has 0 aliphatic heterocycles. The largest absolute Gasteiger partial charge is 0.390 e. The van der Waals surface area contributed by atoms with E-state index in [0.29, 0.717) is 18.8 Å². The van der Waals surface area contributed by atoms with E-state index in [9.17, 15) is 0 Å². The summed E-state index contributed by atoms with van der Waals surface area (Å²) in [4.78, 5) is 0. The van der Waals surface area contributed by atoms with Gasteiger partial charge in [0.1, 0.15) is 5.69 Å². The number of aromatic nitrogens is 6. The van der Waals surface area contributed by atoms with E-state index >= 15 is 0 Å². The molecule has 0 saturated heterocycles. The van der Waals surface area contributed by atoms with Crippen LogP contribution >= 0.6 is 0 Å². The topological polar surface area (TPSA) is 81.7 Å². The fourth-order valence-electron chi connectivity index (χ4n) is 2.19. The third kappa shape index (κ3) is 3.37. The molecule has 0 bridgehead atoms. The van der Waals surface area contributed by atoms with Crippen molar-refractivity contribution in [3.63, 3.8) is 0 Å². The van der Waals surface area contributed by atoms with E-state index < -0.39 is 0 Å². The lowest BCUT2D eigenvalue weighted by molar-refractivity contribution is 0.276. The second kappa shape index (κ2) is 6.48. The Morgan fingerprint density at radius 3 is 1.77 bits per heavy atom. The first-order valence-corrected chi connectivity index (χ1v) is 7.23. The van der Waals surface area contributed by atoms with Gasteiger partial charge in [0.15, 0.2) is 0 Å². The minimum atomic E-state index is -0.0867. The Balaban J connectivity index is 1.64. The molecule has 0 radical (unpaired) electrons. The normalized spacial score (nSPS) is 11.0. The highest BCUT2D eigenvalue weighted by Gasteiger charge is 2.02. The predicted molar refractivity (Wildman–Crippen MR) is 80.0 cm³/mol. The molecule has 114 valence electrons. The summed E-state index contributed by atoms with van der Waals surface area (Å²) >= 11 is 0. The maximum atomic E-state index is 8.98. The van der Waals surface area contributed by atoms with Gasteiger partial charge in [0.2, 0.25) is 0 Å². The summed E-state index contributed by atoms with van der Waals surface area (Å²) in [5, 5.41) is 25.0. The highest BCUT2D eigenvalue weighted by molar-refractivity contribution is 5.23. The zero-order valence-corrected chi connectivity index (χ0v) is 12.4. The number of hydrogen-bond acceptors (Lipinski definition) is 5. The molecule has 3 aromatic rings. The van der Waals surface area contributed by atoms with Crippen LogP contribution in [0.5, 0.6) is 0 Å². The molecular formula is C15H18N6O. The summed E-state index contributed by atoms with van der Waals surface area (Å²) in [6, 6.07) is 8.28. The predicted octanol–water partition coefficient (Wildman–Crippen LogP) is 1.02. The standard InChI is InChI=1S/C15H18N6O/c1-2-14-9-20(18-16-14)7-12-3-5-13(6-4-12)8-21-10-15(11-22)17-19-21/h3-6,9-10,22H,2,7-8,11H2,1H3. The first kappa shape index (κ1) is 14.4. The van der Waals surface area contributed by atoms with Crippen molar-refractivity contribution < 1.29 is 5.11 Å². The van der Waals surface area contributed by atoms with Crippen molar-refractivity contribution in [2.45, 2.75) is 33.0 Å². The Hall–Kier alpha value is -2.54. The van der Waals surface area contributed by atoms with Gasteiger partial charge in [-0.1, -0.05) is 41.6 Å². The number of benzene rings is 1. The van der Waals surface area contributed by atoms with Gasteiger partial charge >= 0.3 is 0 Å². The first-order chi connectivity index (χ1) is 10.8. The number of rotatable bonds is 6. The Kier molecular flexibility index (Phi) is 4.24. The second-order valence-corrected chi connectivity index (χ2v) is 5.14. The third-order valence-electron chi connectivity index (χ3n) is 3.41. The minimum absolute atomic E-state index is 0.0867. The summed E-state index contributed by atoms with van der Waals surface area (Å²) in [7, 11) is 0.